The number of H-pyrrole nitrogens is 1. The monoisotopic (exact) mass is 288 g/mol. The smallest absolute Gasteiger partial charge is 0.268 e. The number of fused-ring (bicyclic) bond motifs is 1. The maximum Gasteiger partial charge on any atom is 0.268 e. The van der Waals surface area contributed by atoms with Crippen molar-refractivity contribution >= 4 is 28.4 Å². The number of rotatable bonds is 3. The van der Waals surface area contributed by atoms with Crippen LogP contribution in [-0.4, -0.2) is 20.7 Å². The first-order chi connectivity index (χ1) is 9.61. The van der Waals surface area contributed by atoms with Crippen molar-refractivity contribution in [2.24, 2.45) is 7.05 Å². The molecule has 2 N–H and O–H groups in total. The number of hydrogen-bond acceptors (Lipinski definition) is 2. The molecule has 0 fully saturated rings. The van der Waals surface area contributed by atoms with E-state index in [4.69, 9.17) is 11.6 Å². The van der Waals surface area contributed by atoms with Gasteiger partial charge in [0.15, 0.2) is 0 Å². The van der Waals surface area contributed by atoms with Gasteiger partial charge < -0.3 is 10.3 Å². The molecule has 0 saturated carbocycles. The van der Waals surface area contributed by atoms with Crippen LogP contribution in [0.1, 0.15) is 16.2 Å². The molecule has 0 saturated heterocycles. The van der Waals surface area contributed by atoms with Crippen LogP contribution in [0.3, 0.4) is 0 Å². The van der Waals surface area contributed by atoms with E-state index in [-0.39, 0.29) is 5.91 Å². The Balaban J connectivity index is 1.75. The van der Waals surface area contributed by atoms with Crippen molar-refractivity contribution in [2.45, 2.75) is 6.54 Å². The van der Waals surface area contributed by atoms with Crippen LogP contribution in [-0.2, 0) is 13.6 Å². The second-order valence-corrected chi connectivity index (χ2v) is 5.01. The average molecular weight is 289 g/mol. The maximum absolute atomic E-state index is 12.1. The molecule has 2 aromatic heterocycles. The van der Waals surface area contributed by atoms with Gasteiger partial charge in [0.05, 0.1) is 12.2 Å². The van der Waals surface area contributed by atoms with Gasteiger partial charge in [0, 0.05) is 29.2 Å². The summed E-state index contributed by atoms with van der Waals surface area (Å²) in [5, 5.41) is 8.60. The molecular weight excluding hydrogens is 276 g/mol. The molecule has 1 aromatic carbocycles. The van der Waals surface area contributed by atoms with E-state index in [1.54, 1.807) is 16.8 Å². The molecule has 0 aliphatic heterocycles. The van der Waals surface area contributed by atoms with E-state index in [9.17, 15) is 4.79 Å². The zero-order valence-electron chi connectivity index (χ0n) is 10.9. The van der Waals surface area contributed by atoms with Gasteiger partial charge >= 0.3 is 0 Å². The molecule has 102 valence electrons. The largest absolute Gasteiger partial charge is 0.351 e. The number of amides is 1. The van der Waals surface area contributed by atoms with Crippen LogP contribution in [0.25, 0.3) is 10.9 Å². The van der Waals surface area contributed by atoms with Gasteiger partial charge in [-0.1, -0.05) is 11.6 Å². The first-order valence-electron chi connectivity index (χ1n) is 6.17. The zero-order valence-corrected chi connectivity index (χ0v) is 11.6. The number of carbonyl (C=O) groups is 1. The fourth-order valence-electron chi connectivity index (χ4n) is 2.05. The Kier molecular flexibility index (Phi) is 3.20. The van der Waals surface area contributed by atoms with E-state index in [0.717, 1.165) is 16.6 Å². The van der Waals surface area contributed by atoms with E-state index >= 15 is 0 Å². The topological polar surface area (TPSA) is 62.7 Å². The highest BCUT2D eigenvalue weighted by molar-refractivity contribution is 6.31. The first-order valence-corrected chi connectivity index (χ1v) is 6.54. The summed E-state index contributed by atoms with van der Waals surface area (Å²) >= 11 is 5.93. The van der Waals surface area contributed by atoms with Crippen molar-refractivity contribution in [3.05, 3.63) is 52.9 Å². The second-order valence-electron chi connectivity index (χ2n) is 4.58. The number of aromatic amines is 1. The molecule has 0 bridgehead atoms. The maximum atomic E-state index is 12.1. The standard InChI is InChI=1S/C14H13ClN4O/c1-19-5-4-11(18-19)8-16-14(20)13-7-9-6-10(15)2-3-12(9)17-13/h2-7,17H,8H2,1H3,(H,16,20). The minimum absolute atomic E-state index is 0.164. The van der Waals surface area contributed by atoms with Gasteiger partial charge in [-0.05, 0) is 30.3 Å². The summed E-state index contributed by atoms with van der Waals surface area (Å²) in [5.41, 5.74) is 2.22. The predicted octanol–water partition coefficient (Wildman–Crippen LogP) is 2.48. The van der Waals surface area contributed by atoms with Crippen LogP contribution in [0.2, 0.25) is 5.02 Å². The lowest BCUT2D eigenvalue weighted by molar-refractivity contribution is 0.0946. The molecular formula is C14H13ClN4O. The number of benzene rings is 1. The summed E-state index contributed by atoms with van der Waals surface area (Å²) in [6.45, 7) is 0.399. The Bertz CT molecular complexity index is 774. The van der Waals surface area contributed by atoms with Crippen molar-refractivity contribution in [2.75, 3.05) is 0 Å². The SMILES string of the molecule is Cn1ccc(CNC(=O)c2cc3cc(Cl)ccc3[nH]2)n1. The molecule has 0 unspecified atom stereocenters. The molecule has 0 radical (unpaired) electrons. The number of nitrogens with one attached hydrogen (secondary N) is 2. The molecule has 5 nitrogen and oxygen atoms in total. The zero-order chi connectivity index (χ0) is 14.1. The third-order valence-electron chi connectivity index (χ3n) is 3.03. The van der Waals surface area contributed by atoms with Crippen LogP contribution >= 0.6 is 11.6 Å². The van der Waals surface area contributed by atoms with Crippen LogP contribution in [0.15, 0.2) is 36.5 Å². The van der Waals surface area contributed by atoms with Crippen molar-refractivity contribution in [1.29, 1.82) is 0 Å². The average Bonchev–Trinajstić information content (AvgIpc) is 3.01. The van der Waals surface area contributed by atoms with E-state index < -0.39 is 0 Å². The highest BCUT2D eigenvalue weighted by Crippen LogP contribution is 2.20. The van der Waals surface area contributed by atoms with Crippen LogP contribution in [0, 0.1) is 0 Å². The Morgan fingerprint density at radius 2 is 2.25 bits per heavy atom. The van der Waals surface area contributed by atoms with Gasteiger partial charge in [-0.2, -0.15) is 5.10 Å². The fourth-order valence-corrected chi connectivity index (χ4v) is 2.23. The van der Waals surface area contributed by atoms with Gasteiger partial charge in [0.1, 0.15) is 5.69 Å². The van der Waals surface area contributed by atoms with Gasteiger partial charge in [-0.15, -0.1) is 0 Å². The van der Waals surface area contributed by atoms with E-state index in [0.29, 0.717) is 17.3 Å². The third kappa shape index (κ3) is 2.53. The van der Waals surface area contributed by atoms with Crippen molar-refractivity contribution in [3.8, 4) is 0 Å². The molecule has 3 rings (SSSR count). The molecule has 20 heavy (non-hydrogen) atoms. The quantitative estimate of drug-likeness (QED) is 0.778. The summed E-state index contributed by atoms with van der Waals surface area (Å²) in [7, 11) is 1.84. The fraction of sp³-hybridized carbons (Fsp3) is 0.143. The highest BCUT2D eigenvalue weighted by atomic mass is 35.5. The lowest BCUT2D eigenvalue weighted by Gasteiger charge is -2.00. The summed E-state index contributed by atoms with van der Waals surface area (Å²) < 4.78 is 1.70. The molecule has 6 heteroatoms. The molecule has 0 aliphatic rings. The lowest BCUT2D eigenvalue weighted by atomic mass is 10.2. The minimum atomic E-state index is -0.164. The molecule has 2 heterocycles. The summed E-state index contributed by atoms with van der Waals surface area (Å²) in [6, 6.07) is 9.12. The van der Waals surface area contributed by atoms with Crippen molar-refractivity contribution in [3.63, 3.8) is 0 Å². The summed E-state index contributed by atoms with van der Waals surface area (Å²) in [5.74, 6) is -0.164. The predicted molar refractivity (Wildman–Crippen MR) is 77.7 cm³/mol. The summed E-state index contributed by atoms with van der Waals surface area (Å²) in [6.07, 6.45) is 1.84. The second kappa shape index (κ2) is 5.02. The Morgan fingerprint density at radius 3 is 3.00 bits per heavy atom. The Morgan fingerprint density at radius 1 is 1.40 bits per heavy atom. The van der Waals surface area contributed by atoms with Crippen LogP contribution in [0.4, 0.5) is 0 Å². The van der Waals surface area contributed by atoms with Gasteiger partial charge in [0.25, 0.3) is 5.91 Å². The molecule has 0 aliphatic carbocycles. The molecule has 1 amide bonds. The number of carbonyl (C=O) groups excluding carboxylic acids is 1. The van der Waals surface area contributed by atoms with Crippen LogP contribution < -0.4 is 5.32 Å². The van der Waals surface area contributed by atoms with Gasteiger partial charge in [-0.25, -0.2) is 0 Å². The van der Waals surface area contributed by atoms with Crippen LogP contribution in [0.5, 0.6) is 0 Å². The number of aromatic nitrogens is 3. The number of aryl methyl sites for hydroxylation is 1. The third-order valence-corrected chi connectivity index (χ3v) is 3.26. The lowest BCUT2D eigenvalue weighted by Crippen LogP contribution is -2.23. The van der Waals surface area contributed by atoms with Crippen molar-refractivity contribution < 1.29 is 4.79 Å². The van der Waals surface area contributed by atoms with Gasteiger partial charge in [-0.3, -0.25) is 9.48 Å². The molecule has 3 aromatic rings. The molecule has 0 spiro atoms. The Hall–Kier alpha value is -2.27. The van der Waals surface area contributed by atoms with Gasteiger partial charge in [0.2, 0.25) is 0 Å². The number of halogens is 1. The van der Waals surface area contributed by atoms with E-state index in [2.05, 4.69) is 15.4 Å². The normalized spacial score (nSPS) is 10.9. The van der Waals surface area contributed by atoms with Crippen molar-refractivity contribution in [1.82, 2.24) is 20.1 Å². The van der Waals surface area contributed by atoms with E-state index in [1.807, 2.05) is 31.4 Å². The summed E-state index contributed by atoms with van der Waals surface area (Å²) in [4.78, 5) is 15.1. The Labute approximate surface area is 120 Å². The molecule has 0 atom stereocenters. The van der Waals surface area contributed by atoms with E-state index in [1.165, 1.54) is 0 Å². The number of hydrogen-bond donors (Lipinski definition) is 2. The highest BCUT2D eigenvalue weighted by Gasteiger charge is 2.10. The minimum Gasteiger partial charge on any atom is -0.351 e. The number of nitrogens with zero attached hydrogens (tertiary/aromatic N) is 2. The first kappa shape index (κ1) is 12.7.